The minimum absolute atomic E-state index is 0.0114. The second kappa shape index (κ2) is 9.70. The first kappa shape index (κ1) is 26.7. The first-order valence-corrected chi connectivity index (χ1v) is 14.6. The highest BCUT2D eigenvalue weighted by Gasteiger charge is 2.72. The molecule has 7 rings (SSSR count). The highest BCUT2D eigenvalue weighted by atomic mass is 16.7. The van der Waals surface area contributed by atoms with Gasteiger partial charge in [-0.25, -0.2) is 0 Å². The summed E-state index contributed by atoms with van der Waals surface area (Å²) in [6.07, 6.45) is 1.91. The first-order valence-electron chi connectivity index (χ1n) is 14.6. The maximum Gasteiger partial charge on any atom is 0.314 e. The third kappa shape index (κ3) is 3.77. The smallest absolute Gasteiger partial charge is 0.314 e. The van der Waals surface area contributed by atoms with Crippen molar-refractivity contribution >= 4 is 5.97 Å². The number of ether oxygens (including phenoxy) is 8. The van der Waals surface area contributed by atoms with E-state index < -0.39 is 29.8 Å². The summed E-state index contributed by atoms with van der Waals surface area (Å²) in [6, 6.07) is 7.73. The van der Waals surface area contributed by atoms with Crippen LogP contribution in [0.15, 0.2) is 24.3 Å². The molecule has 0 N–H and O–H groups in total. The standard InChI is InChI=1S/C32H38O9/c1-15(2)18-8-7-16(3)9-21(18)39-31-27-26(30(33)40-31)28-19-12-22-23(38-14-37-22)13-20(19)32(27,41-28)17-10-24(34-4)29(36-6)25(11-17)35-5/h10-13,15-16,18,21,26-28,31H,7-9,14H2,1-6H3/t16-,18+,21-,26+,27+,28-,31-,32+/m1/s1. The zero-order chi connectivity index (χ0) is 28.6. The lowest BCUT2D eigenvalue weighted by Gasteiger charge is -2.41. The molecule has 8 atom stereocenters. The van der Waals surface area contributed by atoms with Crippen molar-refractivity contribution in [2.75, 3.05) is 28.1 Å². The molecule has 2 saturated heterocycles. The maximum atomic E-state index is 13.6. The van der Waals surface area contributed by atoms with E-state index in [9.17, 15) is 4.79 Å². The molecule has 0 aromatic heterocycles. The van der Waals surface area contributed by atoms with Crippen LogP contribution in [0.5, 0.6) is 28.7 Å². The van der Waals surface area contributed by atoms with E-state index >= 15 is 0 Å². The van der Waals surface area contributed by atoms with E-state index in [1.807, 2.05) is 24.3 Å². The molecule has 4 aliphatic heterocycles. The first-order chi connectivity index (χ1) is 19.8. The van der Waals surface area contributed by atoms with Crippen LogP contribution in [0.25, 0.3) is 0 Å². The molecule has 9 heteroatoms. The van der Waals surface area contributed by atoms with Crippen molar-refractivity contribution in [3.8, 4) is 28.7 Å². The number of fused-ring (bicyclic) bond motifs is 9. The Kier molecular flexibility index (Phi) is 6.32. The van der Waals surface area contributed by atoms with E-state index in [4.69, 9.17) is 37.9 Å². The number of esters is 1. The Morgan fingerprint density at radius 3 is 2.32 bits per heavy atom. The zero-order valence-corrected chi connectivity index (χ0v) is 24.4. The number of carbonyl (C=O) groups excluding carboxylic acids is 1. The summed E-state index contributed by atoms with van der Waals surface area (Å²) in [5.74, 6) is 2.90. The van der Waals surface area contributed by atoms with Gasteiger partial charge in [0.1, 0.15) is 5.60 Å². The van der Waals surface area contributed by atoms with Gasteiger partial charge in [-0.05, 0) is 71.6 Å². The van der Waals surface area contributed by atoms with Crippen LogP contribution in [-0.2, 0) is 24.6 Å². The zero-order valence-electron chi connectivity index (χ0n) is 24.4. The van der Waals surface area contributed by atoms with Gasteiger partial charge in [-0.15, -0.1) is 0 Å². The Bertz CT molecular complexity index is 1350. The average molecular weight is 567 g/mol. The van der Waals surface area contributed by atoms with Crippen LogP contribution < -0.4 is 23.7 Å². The van der Waals surface area contributed by atoms with E-state index in [0.29, 0.717) is 46.5 Å². The van der Waals surface area contributed by atoms with Gasteiger partial charge >= 0.3 is 5.97 Å². The van der Waals surface area contributed by atoms with Gasteiger partial charge in [0.15, 0.2) is 23.0 Å². The van der Waals surface area contributed by atoms with Crippen molar-refractivity contribution in [1.82, 2.24) is 0 Å². The minimum Gasteiger partial charge on any atom is -0.493 e. The Hall–Kier alpha value is -3.17. The molecule has 3 fully saturated rings. The molecule has 2 bridgehead atoms. The van der Waals surface area contributed by atoms with E-state index in [2.05, 4.69) is 20.8 Å². The second-order valence-corrected chi connectivity index (χ2v) is 12.3. The van der Waals surface area contributed by atoms with Crippen molar-refractivity contribution in [3.63, 3.8) is 0 Å². The largest absolute Gasteiger partial charge is 0.493 e. The summed E-state index contributed by atoms with van der Waals surface area (Å²) < 4.78 is 48.6. The van der Waals surface area contributed by atoms with Gasteiger partial charge in [-0.1, -0.05) is 27.2 Å². The molecule has 2 aromatic rings. The Morgan fingerprint density at radius 2 is 1.66 bits per heavy atom. The fourth-order valence-corrected chi connectivity index (χ4v) is 7.97. The number of cyclic esters (lactones) is 1. The Balaban J connectivity index is 1.39. The lowest BCUT2D eigenvalue weighted by molar-refractivity contribution is -0.211. The number of hydrogen-bond donors (Lipinski definition) is 0. The lowest BCUT2D eigenvalue weighted by atomic mass is 9.66. The molecule has 5 aliphatic rings. The predicted molar refractivity (Wildman–Crippen MR) is 146 cm³/mol. The van der Waals surface area contributed by atoms with Crippen LogP contribution >= 0.6 is 0 Å². The van der Waals surface area contributed by atoms with Gasteiger partial charge in [-0.2, -0.15) is 0 Å². The highest BCUT2D eigenvalue weighted by molar-refractivity contribution is 5.80. The third-order valence-electron chi connectivity index (χ3n) is 9.91. The van der Waals surface area contributed by atoms with Crippen LogP contribution in [0, 0.1) is 29.6 Å². The van der Waals surface area contributed by atoms with Crippen LogP contribution in [0.2, 0.25) is 0 Å². The van der Waals surface area contributed by atoms with Gasteiger partial charge in [0.05, 0.1) is 45.4 Å². The molecule has 1 saturated carbocycles. The molecule has 0 radical (unpaired) electrons. The lowest BCUT2D eigenvalue weighted by Crippen LogP contribution is -2.45. The molecular formula is C32H38O9. The van der Waals surface area contributed by atoms with Crippen molar-refractivity contribution < 1.29 is 42.7 Å². The normalized spacial score (nSPS) is 34.4. The number of methoxy groups -OCH3 is 3. The fraction of sp³-hybridized carbons (Fsp3) is 0.594. The Morgan fingerprint density at radius 1 is 0.951 bits per heavy atom. The highest BCUT2D eigenvalue weighted by Crippen LogP contribution is 2.69. The number of hydrogen-bond acceptors (Lipinski definition) is 9. The molecule has 0 spiro atoms. The summed E-state index contributed by atoms with van der Waals surface area (Å²) in [6.45, 7) is 6.92. The fourth-order valence-electron chi connectivity index (χ4n) is 7.97. The van der Waals surface area contributed by atoms with Gasteiger partial charge < -0.3 is 37.9 Å². The average Bonchev–Trinajstić information content (AvgIpc) is 3.72. The SMILES string of the molecule is COc1cc([C@]23O[C@H](c4cc5c(cc42)OCO5)[C@H]2C(=O)O[C@@H](O[C@@H]4C[C@H](C)CC[C@H]4C(C)C)[C@H]23)cc(OC)c1OC. The molecule has 220 valence electrons. The molecule has 0 unspecified atom stereocenters. The molecule has 9 nitrogen and oxygen atoms in total. The molecule has 41 heavy (non-hydrogen) atoms. The molecule has 2 aromatic carbocycles. The van der Waals surface area contributed by atoms with Gasteiger partial charge in [0, 0.05) is 0 Å². The van der Waals surface area contributed by atoms with E-state index in [1.165, 1.54) is 6.42 Å². The van der Waals surface area contributed by atoms with Gasteiger partial charge in [-0.3, -0.25) is 4.79 Å². The molecule has 1 aliphatic carbocycles. The van der Waals surface area contributed by atoms with Gasteiger partial charge in [0.25, 0.3) is 0 Å². The molecule has 0 amide bonds. The molecule has 4 heterocycles. The quantitative estimate of drug-likeness (QED) is 0.411. The van der Waals surface area contributed by atoms with Crippen LogP contribution in [-0.4, -0.2) is 46.5 Å². The van der Waals surface area contributed by atoms with Crippen molar-refractivity contribution in [2.24, 2.45) is 29.6 Å². The second-order valence-electron chi connectivity index (χ2n) is 12.3. The van der Waals surface area contributed by atoms with Crippen LogP contribution in [0.3, 0.4) is 0 Å². The van der Waals surface area contributed by atoms with Crippen LogP contribution in [0.1, 0.15) is 62.8 Å². The molecular weight excluding hydrogens is 528 g/mol. The van der Waals surface area contributed by atoms with Crippen molar-refractivity contribution in [1.29, 1.82) is 0 Å². The van der Waals surface area contributed by atoms with Gasteiger partial charge in [0.2, 0.25) is 18.8 Å². The van der Waals surface area contributed by atoms with Crippen LogP contribution in [0.4, 0.5) is 0 Å². The summed E-state index contributed by atoms with van der Waals surface area (Å²) in [4.78, 5) is 13.6. The summed E-state index contributed by atoms with van der Waals surface area (Å²) in [5, 5.41) is 0. The van der Waals surface area contributed by atoms with E-state index in [-0.39, 0.29) is 18.9 Å². The predicted octanol–water partition coefficient (Wildman–Crippen LogP) is 5.36. The number of carbonyl (C=O) groups is 1. The maximum absolute atomic E-state index is 13.6. The summed E-state index contributed by atoms with van der Waals surface area (Å²) >= 11 is 0. The van der Waals surface area contributed by atoms with Crippen molar-refractivity contribution in [3.05, 3.63) is 41.0 Å². The third-order valence-corrected chi connectivity index (χ3v) is 9.91. The van der Waals surface area contributed by atoms with E-state index in [1.54, 1.807) is 21.3 Å². The summed E-state index contributed by atoms with van der Waals surface area (Å²) in [7, 11) is 4.75. The monoisotopic (exact) mass is 566 g/mol. The topological polar surface area (TPSA) is 90.9 Å². The minimum atomic E-state index is -1.08. The summed E-state index contributed by atoms with van der Waals surface area (Å²) in [5.41, 5.74) is 1.49. The van der Waals surface area contributed by atoms with Crippen molar-refractivity contribution in [2.45, 2.75) is 64.1 Å². The Labute approximate surface area is 240 Å². The number of benzene rings is 2. The van der Waals surface area contributed by atoms with E-state index in [0.717, 1.165) is 29.5 Å². The number of rotatable bonds is 7.